The molecule has 2 aromatic rings. The minimum atomic E-state index is 0.449. The van der Waals surface area contributed by atoms with E-state index in [4.69, 9.17) is 0 Å². The normalized spacial score (nSPS) is 18.7. The molecule has 1 heterocycles. The van der Waals surface area contributed by atoms with Crippen LogP contribution in [0, 0.1) is 0 Å². The van der Waals surface area contributed by atoms with Gasteiger partial charge in [0.2, 0.25) is 0 Å². The number of rotatable bonds is 2. The average Bonchev–Trinajstić information content (AvgIpc) is 2.82. The summed E-state index contributed by atoms with van der Waals surface area (Å²) in [5.41, 5.74) is 4.61. The number of H-pyrrole nitrogens is 1. The monoisotopic (exact) mass is 225 g/mol. The predicted molar refractivity (Wildman–Crippen MR) is 67.4 cm³/mol. The Hall–Kier alpha value is -1.83. The number of aldehydes is 1. The van der Waals surface area contributed by atoms with Crippen LogP contribution < -0.4 is 0 Å². The number of nitrogens with one attached hydrogen (secondary N) is 1. The van der Waals surface area contributed by atoms with E-state index in [1.807, 2.05) is 12.1 Å². The summed E-state index contributed by atoms with van der Waals surface area (Å²) in [6.45, 7) is 0. The SMILES string of the molecule is O=Cc1cc2c([nH]1)CCCC2c1ccccc1. The number of benzene rings is 1. The number of aromatic amines is 1. The third-order valence-electron chi connectivity index (χ3n) is 3.58. The highest BCUT2D eigenvalue weighted by Gasteiger charge is 2.23. The van der Waals surface area contributed by atoms with Gasteiger partial charge < -0.3 is 4.98 Å². The van der Waals surface area contributed by atoms with Crippen molar-refractivity contribution < 1.29 is 4.79 Å². The van der Waals surface area contributed by atoms with Crippen molar-refractivity contribution in [2.75, 3.05) is 0 Å². The first kappa shape index (κ1) is 10.3. The van der Waals surface area contributed by atoms with Crippen LogP contribution in [0.25, 0.3) is 0 Å². The standard InChI is InChI=1S/C15H15NO/c17-10-12-9-14-13(7-4-8-15(14)16-12)11-5-2-1-3-6-11/h1-3,5-6,9-10,13,16H,4,7-8H2. The Morgan fingerprint density at radius 2 is 2.06 bits per heavy atom. The van der Waals surface area contributed by atoms with E-state index in [9.17, 15) is 4.79 Å². The second-order valence-corrected chi connectivity index (χ2v) is 4.63. The van der Waals surface area contributed by atoms with Gasteiger partial charge in [-0.2, -0.15) is 0 Å². The number of hydrogen-bond donors (Lipinski definition) is 1. The molecule has 3 rings (SSSR count). The lowest BCUT2D eigenvalue weighted by molar-refractivity contribution is 0.111. The van der Waals surface area contributed by atoms with E-state index in [1.54, 1.807) is 0 Å². The summed E-state index contributed by atoms with van der Waals surface area (Å²) in [4.78, 5) is 14.1. The molecule has 0 aliphatic heterocycles. The molecule has 0 amide bonds. The van der Waals surface area contributed by atoms with Crippen LogP contribution in [-0.4, -0.2) is 11.3 Å². The van der Waals surface area contributed by atoms with Crippen molar-refractivity contribution in [1.82, 2.24) is 4.98 Å². The number of aromatic nitrogens is 1. The molecule has 0 bridgehead atoms. The summed E-state index contributed by atoms with van der Waals surface area (Å²) >= 11 is 0. The highest BCUT2D eigenvalue weighted by Crippen LogP contribution is 2.36. The lowest BCUT2D eigenvalue weighted by Gasteiger charge is -2.22. The van der Waals surface area contributed by atoms with Crippen molar-refractivity contribution in [2.45, 2.75) is 25.2 Å². The van der Waals surface area contributed by atoms with E-state index >= 15 is 0 Å². The highest BCUT2D eigenvalue weighted by atomic mass is 16.1. The van der Waals surface area contributed by atoms with Gasteiger partial charge in [-0.3, -0.25) is 4.79 Å². The Labute approximate surface area is 101 Å². The zero-order chi connectivity index (χ0) is 11.7. The molecule has 0 saturated heterocycles. The fraction of sp³-hybridized carbons (Fsp3) is 0.267. The molecule has 1 unspecified atom stereocenters. The number of hydrogen-bond acceptors (Lipinski definition) is 1. The van der Waals surface area contributed by atoms with E-state index in [0.717, 1.165) is 12.7 Å². The maximum Gasteiger partial charge on any atom is 0.166 e. The van der Waals surface area contributed by atoms with Crippen molar-refractivity contribution in [3.8, 4) is 0 Å². The molecule has 0 saturated carbocycles. The zero-order valence-corrected chi connectivity index (χ0v) is 9.65. The van der Waals surface area contributed by atoms with Crippen LogP contribution >= 0.6 is 0 Å². The molecular weight excluding hydrogens is 210 g/mol. The van der Waals surface area contributed by atoms with Crippen molar-refractivity contribution in [2.24, 2.45) is 0 Å². The predicted octanol–water partition coefficient (Wildman–Crippen LogP) is 3.30. The summed E-state index contributed by atoms with van der Waals surface area (Å²) in [5, 5.41) is 0. The summed E-state index contributed by atoms with van der Waals surface area (Å²) in [7, 11) is 0. The van der Waals surface area contributed by atoms with Gasteiger partial charge in [-0.05, 0) is 36.5 Å². The molecule has 86 valence electrons. The Bertz CT molecular complexity index is 527. The molecule has 1 aromatic carbocycles. The summed E-state index contributed by atoms with van der Waals surface area (Å²) in [6, 6.07) is 12.6. The van der Waals surface area contributed by atoms with E-state index < -0.39 is 0 Å². The second kappa shape index (κ2) is 4.21. The number of carbonyl (C=O) groups excluding carboxylic acids is 1. The number of fused-ring (bicyclic) bond motifs is 1. The third-order valence-corrected chi connectivity index (χ3v) is 3.58. The fourth-order valence-corrected chi connectivity index (χ4v) is 2.79. The Morgan fingerprint density at radius 1 is 1.24 bits per heavy atom. The van der Waals surface area contributed by atoms with Crippen LogP contribution in [-0.2, 0) is 6.42 Å². The molecular formula is C15H15NO. The Kier molecular flexibility index (Phi) is 2.56. The maximum atomic E-state index is 10.8. The summed E-state index contributed by atoms with van der Waals surface area (Å²) in [5.74, 6) is 0.449. The van der Waals surface area contributed by atoms with Crippen molar-refractivity contribution in [3.63, 3.8) is 0 Å². The van der Waals surface area contributed by atoms with Gasteiger partial charge in [-0.1, -0.05) is 30.3 Å². The first-order valence-corrected chi connectivity index (χ1v) is 6.10. The van der Waals surface area contributed by atoms with Crippen LogP contribution in [0.3, 0.4) is 0 Å². The fourth-order valence-electron chi connectivity index (χ4n) is 2.79. The van der Waals surface area contributed by atoms with Gasteiger partial charge in [0, 0.05) is 11.6 Å². The molecule has 0 radical (unpaired) electrons. The smallest absolute Gasteiger partial charge is 0.166 e. The Morgan fingerprint density at radius 3 is 2.82 bits per heavy atom. The van der Waals surface area contributed by atoms with E-state index in [2.05, 4.69) is 29.2 Å². The van der Waals surface area contributed by atoms with Gasteiger partial charge in [0.15, 0.2) is 6.29 Å². The summed E-state index contributed by atoms with van der Waals surface area (Å²) < 4.78 is 0. The molecule has 1 atom stereocenters. The van der Waals surface area contributed by atoms with Crippen LogP contribution in [0.15, 0.2) is 36.4 Å². The van der Waals surface area contributed by atoms with Crippen LogP contribution in [0.5, 0.6) is 0 Å². The molecule has 1 aliphatic carbocycles. The Balaban J connectivity index is 2.04. The molecule has 1 aliphatic rings. The molecule has 0 fully saturated rings. The van der Waals surface area contributed by atoms with Crippen LogP contribution in [0.2, 0.25) is 0 Å². The van der Waals surface area contributed by atoms with Crippen molar-refractivity contribution in [3.05, 3.63) is 58.9 Å². The first-order valence-electron chi connectivity index (χ1n) is 6.10. The number of carbonyl (C=O) groups is 1. The minimum absolute atomic E-state index is 0.449. The van der Waals surface area contributed by atoms with Crippen molar-refractivity contribution in [1.29, 1.82) is 0 Å². The van der Waals surface area contributed by atoms with E-state index in [0.29, 0.717) is 11.6 Å². The molecule has 1 aromatic heterocycles. The largest absolute Gasteiger partial charge is 0.356 e. The van der Waals surface area contributed by atoms with Gasteiger partial charge in [-0.25, -0.2) is 0 Å². The topological polar surface area (TPSA) is 32.9 Å². The zero-order valence-electron chi connectivity index (χ0n) is 9.65. The first-order chi connectivity index (χ1) is 8.38. The van der Waals surface area contributed by atoms with Crippen molar-refractivity contribution >= 4 is 6.29 Å². The molecule has 0 spiro atoms. The van der Waals surface area contributed by atoms with E-state index in [-0.39, 0.29) is 0 Å². The van der Waals surface area contributed by atoms with E-state index in [1.165, 1.54) is 29.7 Å². The summed E-state index contributed by atoms with van der Waals surface area (Å²) in [6.07, 6.45) is 4.32. The average molecular weight is 225 g/mol. The van der Waals surface area contributed by atoms with Gasteiger partial charge in [-0.15, -0.1) is 0 Å². The van der Waals surface area contributed by atoms with Crippen LogP contribution in [0.1, 0.15) is 46.1 Å². The number of aryl methyl sites for hydroxylation is 1. The highest BCUT2D eigenvalue weighted by molar-refractivity contribution is 5.73. The molecule has 1 N–H and O–H groups in total. The quantitative estimate of drug-likeness (QED) is 0.781. The van der Waals surface area contributed by atoms with Gasteiger partial charge in [0.1, 0.15) is 0 Å². The van der Waals surface area contributed by atoms with Crippen LogP contribution in [0.4, 0.5) is 0 Å². The van der Waals surface area contributed by atoms with Gasteiger partial charge in [0.05, 0.1) is 5.69 Å². The lowest BCUT2D eigenvalue weighted by atomic mass is 9.82. The van der Waals surface area contributed by atoms with Gasteiger partial charge in [0.25, 0.3) is 0 Å². The lowest BCUT2D eigenvalue weighted by Crippen LogP contribution is -2.09. The maximum absolute atomic E-state index is 10.8. The molecule has 17 heavy (non-hydrogen) atoms. The minimum Gasteiger partial charge on any atom is -0.356 e. The molecule has 2 nitrogen and oxygen atoms in total. The third kappa shape index (κ3) is 1.80. The van der Waals surface area contributed by atoms with Gasteiger partial charge >= 0.3 is 0 Å². The second-order valence-electron chi connectivity index (χ2n) is 4.63. The molecule has 2 heteroatoms.